The highest BCUT2D eigenvalue weighted by Gasteiger charge is 2.24. The first-order valence-electron chi connectivity index (χ1n) is 7.41. The summed E-state index contributed by atoms with van der Waals surface area (Å²) in [7, 11) is -1.77. The van der Waals surface area contributed by atoms with Crippen molar-refractivity contribution >= 4 is 19.5 Å². The standard InChI is InChI=1S/C16H26O3Si/c1-4-18-16(17)13-9-6-10-14-19-20(2,3)15-11-7-5-8-12-15/h5,7-8,11-12H,4,6,9-10,13-14H2,1-3H3. The van der Waals surface area contributed by atoms with Crippen LogP contribution in [0.4, 0.5) is 0 Å². The van der Waals surface area contributed by atoms with Crippen molar-refractivity contribution in [2.45, 2.75) is 45.7 Å². The molecule has 0 aliphatic carbocycles. The van der Waals surface area contributed by atoms with Crippen molar-refractivity contribution in [2.24, 2.45) is 0 Å². The fourth-order valence-corrected chi connectivity index (χ4v) is 3.85. The molecule has 112 valence electrons. The molecule has 0 radical (unpaired) electrons. The van der Waals surface area contributed by atoms with E-state index in [1.165, 1.54) is 5.19 Å². The van der Waals surface area contributed by atoms with Gasteiger partial charge in [-0.05, 0) is 38.0 Å². The summed E-state index contributed by atoms with van der Waals surface area (Å²) in [6.45, 7) is 7.53. The predicted octanol–water partition coefficient (Wildman–Crippen LogP) is 3.24. The van der Waals surface area contributed by atoms with Crippen LogP contribution >= 0.6 is 0 Å². The Bertz CT molecular complexity index is 390. The van der Waals surface area contributed by atoms with E-state index in [0.29, 0.717) is 13.0 Å². The summed E-state index contributed by atoms with van der Waals surface area (Å²) < 4.78 is 11.0. The molecule has 0 spiro atoms. The Kier molecular flexibility index (Phi) is 7.55. The molecule has 1 aromatic rings. The Morgan fingerprint density at radius 3 is 2.45 bits per heavy atom. The first-order valence-corrected chi connectivity index (χ1v) is 10.3. The van der Waals surface area contributed by atoms with E-state index in [4.69, 9.17) is 9.16 Å². The van der Waals surface area contributed by atoms with Crippen LogP contribution < -0.4 is 5.19 Å². The first-order chi connectivity index (χ1) is 9.56. The maximum atomic E-state index is 11.2. The lowest BCUT2D eigenvalue weighted by molar-refractivity contribution is -0.143. The Morgan fingerprint density at radius 2 is 1.80 bits per heavy atom. The fourth-order valence-electron chi connectivity index (χ4n) is 2.03. The van der Waals surface area contributed by atoms with Crippen molar-refractivity contribution in [2.75, 3.05) is 13.2 Å². The van der Waals surface area contributed by atoms with E-state index in [0.717, 1.165) is 25.9 Å². The van der Waals surface area contributed by atoms with E-state index < -0.39 is 8.32 Å². The average molecular weight is 294 g/mol. The molecule has 0 saturated heterocycles. The lowest BCUT2D eigenvalue weighted by atomic mass is 10.2. The molecule has 0 saturated carbocycles. The maximum absolute atomic E-state index is 11.2. The molecule has 0 aliphatic heterocycles. The van der Waals surface area contributed by atoms with Gasteiger partial charge in [0.15, 0.2) is 0 Å². The summed E-state index contributed by atoms with van der Waals surface area (Å²) in [6.07, 6.45) is 3.42. The summed E-state index contributed by atoms with van der Waals surface area (Å²) in [5.41, 5.74) is 0. The summed E-state index contributed by atoms with van der Waals surface area (Å²) >= 11 is 0. The summed E-state index contributed by atoms with van der Waals surface area (Å²) in [6, 6.07) is 10.4. The van der Waals surface area contributed by atoms with Crippen molar-refractivity contribution in [3.05, 3.63) is 30.3 Å². The Morgan fingerprint density at radius 1 is 1.10 bits per heavy atom. The summed E-state index contributed by atoms with van der Waals surface area (Å²) in [5.74, 6) is -0.0904. The van der Waals surface area contributed by atoms with Gasteiger partial charge in [0.05, 0.1) is 6.61 Å². The highest BCUT2D eigenvalue weighted by Crippen LogP contribution is 2.08. The van der Waals surface area contributed by atoms with Gasteiger partial charge in [-0.3, -0.25) is 4.79 Å². The molecular weight excluding hydrogens is 268 g/mol. The van der Waals surface area contributed by atoms with Crippen LogP contribution in [0.2, 0.25) is 13.1 Å². The number of ether oxygens (including phenoxy) is 1. The largest absolute Gasteiger partial charge is 0.466 e. The molecule has 1 aromatic carbocycles. The number of carbonyl (C=O) groups is 1. The minimum atomic E-state index is -1.77. The Labute approximate surface area is 123 Å². The van der Waals surface area contributed by atoms with Gasteiger partial charge in [-0.25, -0.2) is 0 Å². The average Bonchev–Trinajstić information content (AvgIpc) is 2.44. The maximum Gasteiger partial charge on any atom is 0.305 e. The van der Waals surface area contributed by atoms with E-state index in [-0.39, 0.29) is 5.97 Å². The van der Waals surface area contributed by atoms with Gasteiger partial charge in [-0.1, -0.05) is 36.8 Å². The summed E-state index contributed by atoms with van der Waals surface area (Å²) in [4.78, 5) is 11.2. The van der Waals surface area contributed by atoms with Crippen LogP contribution in [-0.4, -0.2) is 27.5 Å². The normalized spacial score (nSPS) is 11.3. The molecule has 3 nitrogen and oxygen atoms in total. The first kappa shape index (κ1) is 16.9. The number of rotatable bonds is 9. The van der Waals surface area contributed by atoms with Crippen LogP contribution in [0.15, 0.2) is 30.3 Å². The van der Waals surface area contributed by atoms with Crippen LogP contribution in [0, 0.1) is 0 Å². The van der Waals surface area contributed by atoms with E-state index in [1.807, 2.05) is 13.0 Å². The van der Waals surface area contributed by atoms with Crippen molar-refractivity contribution in [1.29, 1.82) is 0 Å². The molecular formula is C16H26O3Si. The zero-order valence-electron chi connectivity index (χ0n) is 12.9. The molecule has 0 unspecified atom stereocenters. The second-order valence-corrected chi connectivity index (χ2v) is 9.23. The third kappa shape index (κ3) is 6.35. The van der Waals surface area contributed by atoms with Crippen molar-refractivity contribution in [3.63, 3.8) is 0 Å². The number of esters is 1. The molecule has 1 rings (SSSR count). The van der Waals surface area contributed by atoms with Gasteiger partial charge in [0, 0.05) is 13.0 Å². The second-order valence-electron chi connectivity index (χ2n) is 5.34. The van der Waals surface area contributed by atoms with E-state index in [2.05, 4.69) is 37.4 Å². The van der Waals surface area contributed by atoms with Gasteiger partial charge in [0.1, 0.15) is 0 Å². The SMILES string of the molecule is CCOC(=O)CCCCCO[Si](C)(C)c1ccccc1. The molecule has 20 heavy (non-hydrogen) atoms. The van der Waals surface area contributed by atoms with E-state index >= 15 is 0 Å². The van der Waals surface area contributed by atoms with Crippen molar-refractivity contribution in [1.82, 2.24) is 0 Å². The Balaban J connectivity index is 2.16. The molecule has 0 bridgehead atoms. The van der Waals surface area contributed by atoms with Crippen LogP contribution in [0.25, 0.3) is 0 Å². The highest BCUT2D eigenvalue weighted by atomic mass is 28.4. The number of carbonyl (C=O) groups excluding carboxylic acids is 1. The number of unbranched alkanes of at least 4 members (excludes halogenated alkanes) is 2. The minimum Gasteiger partial charge on any atom is -0.466 e. The summed E-state index contributed by atoms with van der Waals surface area (Å²) in [5, 5.41) is 1.33. The van der Waals surface area contributed by atoms with E-state index in [1.54, 1.807) is 0 Å². The Hall–Kier alpha value is -1.13. The topological polar surface area (TPSA) is 35.5 Å². The number of benzene rings is 1. The van der Waals surface area contributed by atoms with Crippen LogP contribution in [-0.2, 0) is 14.0 Å². The third-order valence-corrected chi connectivity index (χ3v) is 5.91. The second kappa shape index (κ2) is 8.92. The molecule has 0 fully saturated rings. The highest BCUT2D eigenvalue weighted by molar-refractivity contribution is 6.84. The third-order valence-electron chi connectivity index (χ3n) is 3.26. The lowest BCUT2D eigenvalue weighted by Gasteiger charge is -2.23. The van der Waals surface area contributed by atoms with Crippen LogP contribution in [0.1, 0.15) is 32.6 Å². The van der Waals surface area contributed by atoms with Gasteiger partial charge < -0.3 is 9.16 Å². The minimum absolute atomic E-state index is 0.0904. The zero-order chi connectivity index (χ0) is 14.8. The zero-order valence-corrected chi connectivity index (χ0v) is 13.9. The molecule has 0 aromatic heterocycles. The smallest absolute Gasteiger partial charge is 0.305 e. The molecule has 4 heteroatoms. The van der Waals surface area contributed by atoms with Gasteiger partial charge in [0.2, 0.25) is 8.32 Å². The number of hydrogen-bond donors (Lipinski definition) is 0. The van der Waals surface area contributed by atoms with E-state index in [9.17, 15) is 4.79 Å². The van der Waals surface area contributed by atoms with Gasteiger partial charge >= 0.3 is 5.97 Å². The van der Waals surface area contributed by atoms with Gasteiger partial charge in [-0.15, -0.1) is 0 Å². The van der Waals surface area contributed by atoms with Crippen LogP contribution in [0.5, 0.6) is 0 Å². The molecule has 0 amide bonds. The van der Waals surface area contributed by atoms with Gasteiger partial charge in [-0.2, -0.15) is 0 Å². The van der Waals surface area contributed by atoms with Crippen molar-refractivity contribution < 1.29 is 14.0 Å². The molecule has 0 aliphatic rings. The monoisotopic (exact) mass is 294 g/mol. The molecule has 0 atom stereocenters. The van der Waals surface area contributed by atoms with Crippen LogP contribution in [0.3, 0.4) is 0 Å². The van der Waals surface area contributed by atoms with Gasteiger partial charge in [0.25, 0.3) is 0 Å². The predicted molar refractivity (Wildman–Crippen MR) is 84.6 cm³/mol. The fraction of sp³-hybridized carbons (Fsp3) is 0.562. The van der Waals surface area contributed by atoms with Crippen molar-refractivity contribution in [3.8, 4) is 0 Å². The lowest BCUT2D eigenvalue weighted by Crippen LogP contribution is -2.44. The molecule has 0 N–H and O–H groups in total. The number of hydrogen-bond acceptors (Lipinski definition) is 3. The quantitative estimate of drug-likeness (QED) is 0.398. The molecule has 0 heterocycles.